The van der Waals surface area contributed by atoms with E-state index in [0.717, 1.165) is 41.4 Å². The molecule has 0 N–H and O–H groups in total. The highest BCUT2D eigenvalue weighted by Gasteiger charge is 2.22. The van der Waals surface area contributed by atoms with Crippen LogP contribution in [-0.4, -0.2) is 21.8 Å². The van der Waals surface area contributed by atoms with Crippen LogP contribution in [0.4, 0.5) is 0 Å². The van der Waals surface area contributed by atoms with Crippen molar-refractivity contribution in [1.82, 2.24) is 9.13 Å². The van der Waals surface area contributed by atoms with Gasteiger partial charge in [0.1, 0.15) is 0 Å². The lowest BCUT2D eigenvalue weighted by molar-refractivity contribution is 0.104. The Morgan fingerprint density at radius 2 is 2.00 bits per heavy atom. The maximum absolute atomic E-state index is 12.0. The van der Waals surface area contributed by atoms with E-state index in [0.29, 0.717) is 6.10 Å². The van der Waals surface area contributed by atoms with Gasteiger partial charge in [0.15, 0.2) is 0 Å². The van der Waals surface area contributed by atoms with Crippen molar-refractivity contribution in [3.63, 3.8) is 0 Å². The second kappa shape index (κ2) is 5.89. The molecule has 4 nitrogen and oxygen atoms in total. The van der Waals surface area contributed by atoms with E-state index in [1.165, 1.54) is 5.56 Å². The molecular weight excluding hydrogens is 400 g/mol. The van der Waals surface area contributed by atoms with Gasteiger partial charge in [0.25, 0.3) is 0 Å². The Bertz CT molecular complexity index is 729. The number of aryl methyl sites for hydroxylation is 2. The van der Waals surface area contributed by atoms with Crippen LogP contribution in [0.3, 0.4) is 0 Å². The number of fused-ring (bicyclic) bond motifs is 1. The third-order valence-electron chi connectivity index (χ3n) is 4.22. The number of rotatable bonds is 3. The largest absolute Gasteiger partial charge is 0.378 e. The van der Waals surface area contributed by atoms with Crippen molar-refractivity contribution in [3.8, 4) is 0 Å². The van der Waals surface area contributed by atoms with Gasteiger partial charge in [0, 0.05) is 30.0 Å². The fourth-order valence-corrected chi connectivity index (χ4v) is 4.67. The van der Waals surface area contributed by atoms with Gasteiger partial charge in [-0.2, -0.15) is 0 Å². The molecule has 3 rings (SSSR count). The summed E-state index contributed by atoms with van der Waals surface area (Å²) in [4.78, 5) is 12.3. The van der Waals surface area contributed by atoms with E-state index < -0.39 is 0 Å². The molecule has 1 fully saturated rings. The number of hydrogen-bond donors (Lipinski definition) is 0. The van der Waals surface area contributed by atoms with E-state index in [1.807, 2.05) is 13.1 Å². The minimum absolute atomic E-state index is 0.000649. The van der Waals surface area contributed by atoms with E-state index in [9.17, 15) is 4.79 Å². The fourth-order valence-electron chi connectivity index (χ4n) is 2.96. The average Bonchev–Trinajstić information content (AvgIpc) is 3.03. The van der Waals surface area contributed by atoms with Crippen LogP contribution in [0.25, 0.3) is 11.0 Å². The Morgan fingerprint density at radius 1 is 1.33 bits per heavy atom. The summed E-state index contributed by atoms with van der Waals surface area (Å²) in [6.45, 7) is 0.873. The Labute approximate surface area is 140 Å². The van der Waals surface area contributed by atoms with Crippen molar-refractivity contribution >= 4 is 42.9 Å². The van der Waals surface area contributed by atoms with E-state index in [4.69, 9.17) is 4.74 Å². The van der Waals surface area contributed by atoms with Gasteiger partial charge in [-0.3, -0.25) is 9.13 Å². The predicted molar refractivity (Wildman–Crippen MR) is 91.1 cm³/mol. The summed E-state index contributed by atoms with van der Waals surface area (Å²) in [6, 6.07) is 4.12. The molecule has 0 amide bonds. The van der Waals surface area contributed by atoms with Crippen molar-refractivity contribution in [2.45, 2.75) is 30.2 Å². The fraction of sp³-hybridized carbons (Fsp3) is 0.533. The van der Waals surface area contributed by atoms with Crippen LogP contribution in [0, 0.1) is 0 Å². The molecule has 0 radical (unpaired) electrons. The topological polar surface area (TPSA) is 36.2 Å². The van der Waals surface area contributed by atoms with Crippen molar-refractivity contribution in [1.29, 1.82) is 0 Å². The molecule has 114 valence electrons. The first-order valence-electron chi connectivity index (χ1n) is 7.09. The molecular formula is C15H18Br2N2O2. The zero-order valence-electron chi connectivity index (χ0n) is 12.1. The number of ether oxygens (including phenoxy) is 1. The van der Waals surface area contributed by atoms with Gasteiger partial charge >= 0.3 is 5.69 Å². The normalized spacial score (nSPS) is 20.3. The van der Waals surface area contributed by atoms with Crippen LogP contribution < -0.4 is 5.69 Å². The van der Waals surface area contributed by atoms with Crippen LogP contribution in [0.15, 0.2) is 21.4 Å². The molecule has 0 saturated carbocycles. The summed E-state index contributed by atoms with van der Waals surface area (Å²) in [6.07, 6.45) is 3.56. The standard InChI is InChI=1S/C15H18Br2N2O2/c1-18-13-7-10(11(16)6-9-4-3-5-21-9)12(17)8-14(13)19(2)15(18)20/h7-9,11H,3-6H2,1-2H3. The molecule has 6 heteroatoms. The van der Waals surface area contributed by atoms with Crippen LogP contribution in [0.1, 0.15) is 29.7 Å². The van der Waals surface area contributed by atoms with E-state index in [-0.39, 0.29) is 10.5 Å². The molecule has 1 aliphatic heterocycles. The Kier molecular flexibility index (Phi) is 4.30. The molecule has 1 aromatic carbocycles. The quantitative estimate of drug-likeness (QED) is 0.714. The third kappa shape index (κ3) is 2.73. The molecule has 2 heterocycles. The maximum Gasteiger partial charge on any atom is 0.328 e. The number of nitrogens with zero attached hydrogens (tertiary/aromatic N) is 2. The SMILES string of the molecule is Cn1c(=O)n(C)c2cc(C(Br)CC3CCCO3)c(Br)cc21. The Morgan fingerprint density at radius 3 is 2.62 bits per heavy atom. The zero-order chi connectivity index (χ0) is 15.1. The first kappa shape index (κ1) is 15.3. The minimum atomic E-state index is -0.000649. The van der Waals surface area contributed by atoms with Crippen molar-refractivity contribution in [2.24, 2.45) is 14.1 Å². The minimum Gasteiger partial charge on any atom is -0.378 e. The summed E-state index contributed by atoms with van der Waals surface area (Å²) >= 11 is 7.42. The molecule has 1 saturated heterocycles. The maximum atomic E-state index is 12.0. The monoisotopic (exact) mass is 416 g/mol. The summed E-state index contributed by atoms with van der Waals surface area (Å²) in [5.74, 6) is 0. The second-order valence-electron chi connectivity index (χ2n) is 5.60. The Balaban J connectivity index is 2.00. The van der Waals surface area contributed by atoms with Gasteiger partial charge in [-0.1, -0.05) is 31.9 Å². The number of alkyl halides is 1. The molecule has 2 unspecified atom stereocenters. The lowest BCUT2D eigenvalue weighted by atomic mass is 10.0. The molecule has 2 atom stereocenters. The van der Waals surface area contributed by atoms with Crippen molar-refractivity contribution in [2.75, 3.05) is 6.61 Å². The van der Waals surface area contributed by atoms with Gasteiger partial charge in [0.2, 0.25) is 0 Å². The zero-order valence-corrected chi connectivity index (χ0v) is 15.3. The highest BCUT2D eigenvalue weighted by atomic mass is 79.9. The predicted octanol–water partition coefficient (Wildman–Crippen LogP) is 3.64. The lowest BCUT2D eigenvalue weighted by Gasteiger charge is -2.17. The van der Waals surface area contributed by atoms with Crippen LogP contribution in [0.5, 0.6) is 0 Å². The number of hydrogen-bond acceptors (Lipinski definition) is 2. The van der Waals surface area contributed by atoms with Gasteiger partial charge in [-0.15, -0.1) is 0 Å². The average molecular weight is 418 g/mol. The summed E-state index contributed by atoms with van der Waals surface area (Å²) in [7, 11) is 3.61. The number of aromatic nitrogens is 2. The molecule has 1 aliphatic rings. The molecule has 0 bridgehead atoms. The molecule has 2 aromatic rings. The van der Waals surface area contributed by atoms with Crippen LogP contribution in [0.2, 0.25) is 0 Å². The first-order valence-corrected chi connectivity index (χ1v) is 8.80. The molecule has 1 aromatic heterocycles. The van der Waals surface area contributed by atoms with Gasteiger partial charge in [-0.25, -0.2) is 4.79 Å². The first-order chi connectivity index (χ1) is 9.99. The van der Waals surface area contributed by atoms with E-state index in [2.05, 4.69) is 37.9 Å². The highest BCUT2D eigenvalue weighted by molar-refractivity contribution is 9.11. The summed E-state index contributed by atoms with van der Waals surface area (Å²) < 4.78 is 10.1. The van der Waals surface area contributed by atoms with Gasteiger partial charge in [-0.05, 0) is 37.0 Å². The van der Waals surface area contributed by atoms with E-state index >= 15 is 0 Å². The van der Waals surface area contributed by atoms with Crippen molar-refractivity contribution < 1.29 is 4.74 Å². The third-order valence-corrected chi connectivity index (χ3v) is 5.78. The summed E-state index contributed by atoms with van der Waals surface area (Å²) in [5, 5.41) is 0. The molecule has 0 aliphatic carbocycles. The molecule has 21 heavy (non-hydrogen) atoms. The number of benzene rings is 1. The summed E-state index contributed by atoms with van der Waals surface area (Å²) in [5.41, 5.74) is 3.06. The highest BCUT2D eigenvalue weighted by Crippen LogP contribution is 2.37. The smallest absolute Gasteiger partial charge is 0.328 e. The number of halogens is 2. The second-order valence-corrected chi connectivity index (χ2v) is 7.56. The molecule has 0 spiro atoms. The number of imidazole rings is 1. The van der Waals surface area contributed by atoms with Crippen LogP contribution >= 0.6 is 31.9 Å². The van der Waals surface area contributed by atoms with Crippen molar-refractivity contribution in [3.05, 3.63) is 32.7 Å². The van der Waals surface area contributed by atoms with Crippen LogP contribution in [-0.2, 0) is 18.8 Å². The van der Waals surface area contributed by atoms with Gasteiger partial charge in [0.05, 0.1) is 17.1 Å². The van der Waals surface area contributed by atoms with E-state index in [1.54, 1.807) is 16.2 Å². The Hall–Kier alpha value is -0.590. The lowest BCUT2D eigenvalue weighted by Crippen LogP contribution is -2.19. The van der Waals surface area contributed by atoms with Gasteiger partial charge < -0.3 is 4.74 Å².